The Bertz CT molecular complexity index is 1570. The van der Waals surface area contributed by atoms with Crippen LogP contribution >= 0.6 is 11.6 Å². The first-order valence-electron chi connectivity index (χ1n) is 11.9. The smallest absolute Gasteiger partial charge is 0.382 e. The maximum atomic E-state index is 13.9. The van der Waals surface area contributed by atoms with Crippen molar-refractivity contribution in [1.82, 2.24) is 29.1 Å². The van der Waals surface area contributed by atoms with E-state index >= 15 is 0 Å². The molecule has 0 amide bonds. The summed E-state index contributed by atoms with van der Waals surface area (Å²) >= 11 is 5.91. The Hall–Kier alpha value is -3.84. The quantitative estimate of drug-likeness (QED) is 0.243. The predicted molar refractivity (Wildman–Crippen MR) is 131 cm³/mol. The molecule has 2 aromatic heterocycles. The summed E-state index contributed by atoms with van der Waals surface area (Å²) in [5.74, 6) is -0.873. The van der Waals surface area contributed by atoms with Crippen LogP contribution in [0.3, 0.4) is 0 Å². The predicted octanol–water partition coefficient (Wildman–Crippen LogP) is 4.04. The molecule has 0 aliphatic heterocycles. The summed E-state index contributed by atoms with van der Waals surface area (Å²) in [6, 6.07) is 11.3. The molecule has 0 unspecified atom stereocenters. The number of benzene rings is 2. The van der Waals surface area contributed by atoms with E-state index in [0.29, 0.717) is 9.59 Å². The fourth-order valence-electron chi connectivity index (χ4n) is 4.00. The van der Waals surface area contributed by atoms with Crippen LogP contribution in [0.2, 0.25) is 5.02 Å². The molecule has 0 spiro atoms. The topological polar surface area (TPSA) is 108 Å². The molecular formula is C25H21ClF4N6O3. The highest BCUT2D eigenvalue weighted by Crippen LogP contribution is 2.33. The summed E-state index contributed by atoms with van der Waals surface area (Å²) in [5.41, 5.74) is -0.444. The number of rotatable bonds is 9. The first kappa shape index (κ1) is 26.8. The number of hydrogen-bond donors (Lipinski definition) is 1. The lowest BCUT2D eigenvalue weighted by molar-refractivity contribution is -0.207. The van der Waals surface area contributed by atoms with Crippen molar-refractivity contribution in [3.05, 3.63) is 81.5 Å². The Labute approximate surface area is 223 Å². The fourth-order valence-corrected chi connectivity index (χ4v) is 4.12. The molecule has 1 aliphatic carbocycles. The Morgan fingerprint density at radius 3 is 2.49 bits per heavy atom. The third kappa shape index (κ3) is 5.93. The summed E-state index contributed by atoms with van der Waals surface area (Å²) in [4.78, 5) is 30.4. The Morgan fingerprint density at radius 2 is 1.85 bits per heavy atom. The van der Waals surface area contributed by atoms with Crippen molar-refractivity contribution in [2.45, 2.75) is 44.6 Å². The molecule has 1 atom stereocenters. The molecule has 1 saturated carbocycles. The van der Waals surface area contributed by atoms with Gasteiger partial charge >= 0.3 is 11.9 Å². The highest BCUT2D eigenvalue weighted by Gasteiger charge is 2.39. The molecule has 0 radical (unpaired) electrons. The standard InChI is InChI=1S/C25H21ClF4N6O3/c26-16-8-6-15(7-9-16)22-33-35(24(39)34(22)12-20(38)25(28,29)30)13-21-31-23(19(37)10-14-4-5-14)36(32-21)18-3-1-2-17(27)11-18/h1-3,6-9,11,14,20,38H,4-5,10,12-13H2/t20-/m0/s1. The van der Waals surface area contributed by atoms with Crippen LogP contribution < -0.4 is 5.69 Å². The van der Waals surface area contributed by atoms with Gasteiger partial charge in [-0.15, -0.1) is 10.2 Å². The van der Waals surface area contributed by atoms with Crippen molar-refractivity contribution in [3.63, 3.8) is 0 Å². The van der Waals surface area contributed by atoms with Gasteiger partial charge in [0.2, 0.25) is 0 Å². The van der Waals surface area contributed by atoms with Crippen LogP contribution in [0, 0.1) is 11.7 Å². The normalized spacial score (nSPS) is 14.5. The molecule has 4 aromatic rings. The molecule has 1 fully saturated rings. The molecule has 9 nitrogen and oxygen atoms in total. The van der Waals surface area contributed by atoms with Crippen LogP contribution in [-0.4, -0.2) is 52.3 Å². The van der Waals surface area contributed by atoms with Crippen molar-refractivity contribution in [2.24, 2.45) is 5.92 Å². The van der Waals surface area contributed by atoms with E-state index in [0.717, 1.165) is 17.5 Å². The zero-order chi connectivity index (χ0) is 27.9. The monoisotopic (exact) mass is 564 g/mol. The van der Waals surface area contributed by atoms with Crippen LogP contribution in [0.5, 0.6) is 0 Å². The summed E-state index contributed by atoms with van der Waals surface area (Å²) in [6.07, 6.45) is -5.73. The number of ketones is 1. The summed E-state index contributed by atoms with van der Waals surface area (Å²) in [5, 5.41) is 18.5. The summed E-state index contributed by atoms with van der Waals surface area (Å²) in [6.45, 7) is -1.50. The minimum atomic E-state index is -4.97. The van der Waals surface area contributed by atoms with E-state index in [1.165, 1.54) is 53.2 Å². The van der Waals surface area contributed by atoms with Gasteiger partial charge in [0.1, 0.15) is 12.4 Å². The molecule has 5 rings (SSSR count). The van der Waals surface area contributed by atoms with Crippen molar-refractivity contribution >= 4 is 17.4 Å². The van der Waals surface area contributed by atoms with E-state index in [2.05, 4.69) is 15.2 Å². The first-order valence-corrected chi connectivity index (χ1v) is 12.3. The molecule has 2 aromatic carbocycles. The van der Waals surface area contributed by atoms with Gasteiger partial charge in [0.05, 0.1) is 12.2 Å². The Balaban J connectivity index is 1.55. The van der Waals surface area contributed by atoms with Gasteiger partial charge in [-0.05, 0) is 61.2 Å². The number of aromatic nitrogens is 6. The molecular weight excluding hydrogens is 544 g/mol. The number of hydrogen-bond acceptors (Lipinski definition) is 6. The van der Waals surface area contributed by atoms with Gasteiger partial charge in [-0.1, -0.05) is 17.7 Å². The Kier molecular flexibility index (Phi) is 7.12. The van der Waals surface area contributed by atoms with E-state index in [4.69, 9.17) is 11.6 Å². The third-order valence-electron chi connectivity index (χ3n) is 6.17. The number of carbonyl (C=O) groups excluding carboxylic acids is 1. The highest BCUT2D eigenvalue weighted by atomic mass is 35.5. The minimum absolute atomic E-state index is 0.0378. The van der Waals surface area contributed by atoms with Gasteiger partial charge in [0.15, 0.2) is 29.4 Å². The van der Waals surface area contributed by atoms with Gasteiger partial charge in [0, 0.05) is 17.0 Å². The second-order valence-corrected chi connectivity index (χ2v) is 9.69. The van der Waals surface area contributed by atoms with Gasteiger partial charge in [-0.2, -0.15) is 13.2 Å². The molecule has 0 bridgehead atoms. The van der Waals surface area contributed by atoms with Crippen molar-refractivity contribution in [1.29, 1.82) is 0 Å². The number of halogens is 5. The molecule has 2 heterocycles. The highest BCUT2D eigenvalue weighted by molar-refractivity contribution is 6.30. The molecule has 204 valence electrons. The second-order valence-electron chi connectivity index (χ2n) is 9.25. The third-order valence-corrected chi connectivity index (χ3v) is 6.43. The van der Waals surface area contributed by atoms with Crippen LogP contribution in [0.1, 0.15) is 35.7 Å². The van der Waals surface area contributed by atoms with Crippen molar-refractivity contribution < 1.29 is 27.5 Å². The lowest BCUT2D eigenvalue weighted by atomic mass is 10.2. The number of aliphatic hydroxyl groups excluding tert-OH is 1. The number of alkyl halides is 3. The fraction of sp³-hybridized carbons (Fsp3) is 0.320. The molecule has 1 N–H and O–H groups in total. The van der Waals surface area contributed by atoms with E-state index < -0.39 is 36.9 Å². The lowest BCUT2D eigenvalue weighted by Gasteiger charge is -2.15. The van der Waals surface area contributed by atoms with Gasteiger partial charge < -0.3 is 5.11 Å². The first-order chi connectivity index (χ1) is 18.5. The maximum absolute atomic E-state index is 13.9. The Morgan fingerprint density at radius 1 is 1.13 bits per heavy atom. The van der Waals surface area contributed by atoms with Gasteiger partial charge in [-0.25, -0.2) is 23.5 Å². The molecule has 39 heavy (non-hydrogen) atoms. The number of carbonyl (C=O) groups is 1. The summed E-state index contributed by atoms with van der Waals surface area (Å²) in [7, 11) is 0. The molecule has 0 saturated heterocycles. The van der Waals surface area contributed by atoms with Gasteiger partial charge in [0.25, 0.3) is 0 Å². The molecule has 14 heteroatoms. The SMILES string of the molecule is O=C(CC1CC1)c1nc(Cn2nc(-c3ccc(Cl)cc3)n(C[C@H](O)C(F)(F)F)c2=O)nn1-c1cccc(F)c1. The van der Waals surface area contributed by atoms with E-state index in [-0.39, 0.29) is 46.8 Å². The van der Waals surface area contributed by atoms with Crippen LogP contribution in [0.25, 0.3) is 17.1 Å². The zero-order valence-electron chi connectivity index (χ0n) is 20.1. The van der Waals surface area contributed by atoms with Crippen molar-refractivity contribution in [3.8, 4) is 17.1 Å². The van der Waals surface area contributed by atoms with Crippen molar-refractivity contribution in [2.75, 3.05) is 0 Å². The molecule has 1 aliphatic rings. The average Bonchev–Trinajstić information content (AvgIpc) is 3.51. The van der Waals surface area contributed by atoms with E-state index in [1.54, 1.807) is 0 Å². The number of Topliss-reactive ketones (excluding diaryl/α,β-unsaturated/α-hetero) is 1. The average molecular weight is 565 g/mol. The maximum Gasteiger partial charge on any atom is 0.416 e. The van der Waals surface area contributed by atoms with E-state index in [1.807, 2.05) is 0 Å². The number of nitrogens with zero attached hydrogens (tertiary/aromatic N) is 6. The summed E-state index contributed by atoms with van der Waals surface area (Å²) < 4.78 is 56.0. The number of aliphatic hydroxyl groups is 1. The van der Waals surface area contributed by atoms with Crippen LogP contribution in [0.15, 0.2) is 53.3 Å². The minimum Gasteiger partial charge on any atom is -0.382 e. The lowest BCUT2D eigenvalue weighted by Crippen LogP contribution is -2.37. The van der Waals surface area contributed by atoms with E-state index in [9.17, 15) is 32.3 Å². The largest absolute Gasteiger partial charge is 0.416 e. The van der Waals surface area contributed by atoms with Crippen LogP contribution in [-0.2, 0) is 13.1 Å². The van der Waals surface area contributed by atoms with Gasteiger partial charge in [-0.3, -0.25) is 9.36 Å². The van der Waals surface area contributed by atoms with Crippen LogP contribution in [0.4, 0.5) is 17.6 Å². The second kappa shape index (κ2) is 10.4. The zero-order valence-corrected chi connectivity index (χ0v) is 20.9.